The van der Waals surface area contributed by atoms with Crippen molar-refractivity contribution in [2.24, 2.45) is 10.7 Å². The second-order valence-corrected chi connectivity index (χ2v) is 7.57. The Balaban J connectivity index is 0.00000180. The van der Waals surface area contributed by atoms with E-state index in [1.165, 1.54) is 23.5 Å². The van der Waals surface area contributed by atoms with Crippen molar-refractivity contribution in [2.75, 3.05) is 18.8 Å². The summed E-state index contributed by atoms with van der Waals surface area (Å²) in [5.74, 6) is 1.85. The zero-order valence-corrected chi connectivity index (χ0v) is 15.2. The molecule has 1 aromatic heterocycles. The molecule has 3 N–H and O–H groups in total. The van der Waals surface area contributed by atoms with E-state index in [-0.39, 0.29) is 24.0 Å². The number of thioether (sulfide) groups is 1. The van der Waals surface area contributed by atoms with Crippen LogP contribution in [0.25, 0.3) is 0 Å². The molecule has 1 atom stereocenters. The Hall–Kier alpha value is 0.0500. The molecule has 0 radical (unpaired) electrons. The molecular formula is C13H22IN3S2. The lowest BCUT2D eigenvalue weighted by Gasteiger charge is -2.19. The molecule has 1 aromatic rings. The molecule has 19 heavy (non-hydrogen) atoms. The molecule has 0 saturated carbocycles. The van der Waals surface area contributed by atoms with Crippen LogP contribution in [0.1, 0.15) is 24.6 Å². The van der Waals surface area contributed by atoms with Crippen molar-refractivity contribution in [1.82, 2.24) is 5.32 Å². The number of thiophene rings is 1. The molecule has 0 spiro atoms. The van der Waals surface area contributed by atoms with Gasteiger partial charge in [-0.2, -0.15) is 11.8 Å². The zero-order valence-electron chi connectivity index (χ0n) is 11.2. The number of nitrogens with one attached hydrogen (secondary N) is 1. The first-order valence-electron chi connectivity index (χ1n) is 6.38. The summed E-state index contributed by atoms with van der Waals surface area (Å²) in [4.78, 5) is 5.85. The van der Waals surface area contributed by atoms with Gasteiger partial charge < -0.3 is 11.1 Å². The van der Waals surface area contributed by atoms with Gasteiger partial charge in [0.1, 0.15) is 0 Å². The normalized spacial score (nSPS) is 23.1. The molecule has 3 nitrogen and oxygen atoms in total. The summed E-state index contributed by atoms with van der Waals surface area (Å²) in [6.45, 7) is 3.97. The van der Waals surface area contributed by atoms with Crippen molar-refractivity contribution < 1.29 is 0 Å². The number of hydrogen-bond acceptors (Lipinski definition) is 3. The van der Waals surface area contributed by atoms with E-state index in [0.717, 1.165) is 19.5 Å². The third kappa shape index (κ3) is 5.91. The first-order chi connectivity index (χ1) is 8.68. The number of halogens is 1. The fourth-order valence-electron chi connectivity index (χ4n) is 2.04. The minimum Gasteiger partial charge on any atom is -0.370 e. The Morgan fingerprint density at radius 2 is 2.42 bits per heavy atom. The van der Waals surface area contributed by atoms with Crippen molar-refractivity contribution in [1.29, 1.82) is 0 Å². The average Bonchev–Trinajstić information content (AvgIpc) is 2.99. The summed E-state index contributed by atoms with van der Waals surface area (Å²) < 4.78 is 0.306. The van der Waals surface area contributed by atoms with E-state index in [2.05, 4.69) is 34.7 Å². The molecule has 0 bridgehead atoms. The van der Waals surface area contributed by atoms with Crippen molar-refractivity contribution in [2.45, 2.75) is 30.9 Å². The number of nitrogens with two attached hydrogens (primary N) is 1. The molecule has 108 valence electrons. The number of rotatable bonds is 5. The molecule has 0 amide bonds. The van der Waals surface area contributed by atoms with Gasteiger partial charge in [-0.05, 0) is 43.4 Å². The minimum absolute atomic E-state index is 0. The van der Waals surface area contributed by atoms with Crippen LogP contribution in [0.2, 0.25) is 0 Å². The van der Waals surface area contributed by atoms with E-state index < -0.39 is 0 Å². The predicted octanol–water partition coefficient (Wildman–Crippen LogP) is 3.10. The van der Waals surface area contributed by atoms with Crippen molar-refractivity contribution >= 4 is 53.0 Å². The van der Waals surface area contributed by atoms with Crippen molar-refractivity contribution in [3.63, 3.8) is 0 Å². The van der Waals surface area contributed by atoms with Crippen LogP contribution in [0, 0.1) is 0 Å². The molecule has 0 aromatic carbocycles. The summed E-state index contributed by atoms with van der Waals surface area (Å²) in [5, 5.41) is 5.29. The van der Waals surface area contributed by atoms with Crippen LogP contribution < -0.4 is 11.1 Å². The summed E-state index contributed by atoms with van der Waals surface area (Å²) in [6.07, 6.45) is 3.58. The van der Waals surface area contributed by atoms with Crippen LogP contribution in [0.4, 0.5) is 0 Å². The maximum Gasteiger partial charge on any atom is 0.188 e. The van der Waals surface area contributed by atoms with E-state index >= 15 is 0 Å². The van der Waals surface area contributed by atoms with Gasteiger partial charge in [0.15, 0.2) is 5.96 Å². The maximum absolute atomic E-state index is 5.88. The van der Waals surface area contributed by atoms with E-state index in [9.17, 15) is 0 Å². The Labute approximate surface area is 140 Å². The summed E-state index contributed by atoms with van der Waals surface area (Å²) in [5.41, 5.74) is 5.88. The smallest absolute Gasteiger partial charge is 0.188 e. The second kappa shape index (κ2) is 8.36. The molecule has 1 saturated heterocycles. The molecule has 6 heteroatoms. The van der Waals surface area contributed by atoms with Gasteiger partial charge in [-0.25, -0.2) is 0 Å². The van der Waals surface area contributed by atoms with Crippen LogP contribution in [0.3, 0.4) is 0 Å². The molecule has 2 heterocycles. The Bertz CT molecular complexity index is 387. The van der Waals surface area contributed by atoms with Crippen molar-refractivity contribution in [3.05, 3.63) is 22.4 Å². The minimum atomic E-state index is 0. The molecule has 0 aliphatic carbocycles. The monoisotopic (exact) mass is 411 g/mol. The number of guanidine groups is 1. The Morgan fingerprint density at radius 1 is 1.58 bits per heavy atom. The molecule has 2 rings (SSSR count). The summed E-state index contributed by atoms with van der Waals surface area (Å²) in [6, 6.07) is 4.23. The number of nitrogens with zero attached hydrogens (tertiary/aromatic N) is 1. The lowest BCUT2D eigenvalue weighted by molar-refractivity contribution is 0.617. The van der Waals surface area contributed by atoms with E-state index in [4.69, 9.17) is 5.73 Å². The SMILES string of the molecule is CC1(CN=C(N)NCCc2cccs2)CCCS1.I. The topological polar surface area (TPSA) is 50.4 Å². The highest BCUT2D eigenvalue weighted by atomic mass is 127. The van der Waals surface area contributed by atoms with E-state index in [1.807, 2.05) is 11.8 Å². The second-order valence-electron chi connectivity index (χ2n) is 4.86. The Morgan fingerprint density at radius 3 is 3.05 bits per heavy atom. The van der Waals surface area contributed by atoms with E-state index in [0.29, 0.717) is 10.7 Å². The number of aliphatic imine (C=N–C) groups is 1. The molecular weight excluding hydrogens is 389 g/mol. The Kier molecular flexibility index (Phi) is 7.53. The van der Waals surface area contributed by atoms with Gasteiger partial charge in [-0.1, -0.05) is 6.07 Å². The van der Waals surface area contributed by atoms with Crippen LogP contribution >= 0.6 is 47.1 Å². The van der Waals surface area contributed by atoms with Gasteiger partial charge in [-0.3, -0.25) is 4.99 Å². The lowest BCUT2D eigenvalue weighted by atomic mass is 10.1. The van der Waals surface area contributed by atoms with Crippen LogP contribution in [0.15, 0.2) is 22.5 Å². The first kappa shape index (κ1) is 17.1. The van der Waals surface area contributed by atoms with Crippen LogP contribution in [-0.4, -0.2) is 29.5 Å². The van der Waals surface area contributed by atoms with Gasteiger partial charge in [0.2, 0.25) is 0 Å². The van der Waals surface area contributed by atoms with Gasteiger partial charge in [0.05, 0.1) is 6.54 Å². The van der Waals surface area contributed by atoms with Crippen LogP contribution in [-0.2, 0) is 6.42 Å². The molecule has 1 aliphatic rings. The van der Waals surface area contributed by atoms with E-state index in [1.54, 1.807) is 11.3 Å². The average molecular weight is 411 g/mol. The van der Waals surface area contributed by atoms with Gasteiger partial charge in [0.25, 0.3) is 0 Å². The highest BCUT2D eigenvalue weighted by Crippen LogP contribution is 2.37. The van der Waals surface area contributed by atoms with Gasteiger partial charge in [0, 0.05) is 16.2 Å². The maximum atomic E-state index is 5.88. The fraction of sp³-hybridized carbons (Fsp3) is 0.615. The third-order valence-electron chi connectivity index (χ3n) is 3.14. The van der Waals surface area contributed by atoms with Crippen molar-refractivity contribution in [3.8, 4) is 0 Å². The highest BCUT2D eigenvalue weighted by Gasteiger charge is 2.28. The number of hydrogen-bond donors (Lipinski definition) is 2. The van der Waals surface area contributed by atoms with Gasteiger partial charge in [-0.15, -0.1) is 35.3 Å². The standard InChI is InChI=1S/C13H21N3S2.HI/c1-13(6-3-9-18-13)10-16-12(14)15-7-5-11-4-2-8-17-11;/h2,4,8H,3,5-7,9-10H2,1H3,(H3,14,15,16);1H. The summed E-state index contributed by atoms with van der Waals surface area (Å²) in [7, 11) is 0. The predicted molar refractivity (Wildman–Crippen MR) is 98.0 cm³/mol. The largest absolute Gasteiger partial charge is 0.370 e. The van der Waals surface area contributed by atoms with Gasteiger partial charge >= 0.3 is 0 Å². The molecule has 1 unspecified atom stereocenters. The molecule has 1 fully saturated rings. The lowest BCUT2D eigenvalue weighted by Crippen LogP contribution is -2.34. The zero-order chi connectivity index (χ0) is 12.8. The first-order valence-corrected chi connectivity index (χ1v) is 8.25. The highest BCUT2D eigenvalue weighted by molar-refractivity contribution is 14.0. The summed E-state index contributed by atoms with van der Waals surface area (Å²) >= 11 is 3.80. The fourth-order valence-corrected chi connectivity index (χ4v) is 3.97. The quantitative estimate of drug-likeness (QED) is 0.445. The van der Waals surface area contributed by atoms with Crippen LogP contribution in [0.5, 0.6) is 0 Å². The molecule has 1 aliphatic heterocycles. The third-order valence-corrected chi connectivity index (χ3v) is 5.60.